The predicted molar refractivity (Wildman–Crippen MR) is 163 cm³/mol. The lowest BCUT2D eigenvalue weighted by Crippen LogP contribution is -2.21. The van der Waals surface area contributed by atoms with Gasteiger partial charge in [-0.05, 0) is 85.5 Å². The van der Waals surface area contributed by atoms with Gasteiger partial charge < -0.3 is 19.3 Å². The minimum Gasteiger partial charge on any atom is -0.497 e. The Kier molecular flexibility index (Phi) is 7.60. The van der Waals surface area contributed by atoms with Gasteiger partial charge in [0, 0.05) is 49.7 Å². The summed E-state index contributed by atoms with van der Waals surface area (Å²) in [5.41, 5.74) is 9.84. The van der Waals surface area contributed by atoms with Crippen molar-refractivity contribution in [3.05, 3.63) is 107 Å². The Morgan fingerprint density at radius 2 is 1.51 bits per heavy atom. The number of aliphatic imine (C=N–C) groups is 1. The summed E-state index contributed by atoms with van der Waals surface area (Å²) >= 11 is 0. The molecule has 39 heavy (non-hydrogen) atoms. The summed E-state index contributed by atoms with van der Waals surface area (Å²) in [6.45, 7) is 8.49. The SMILES string of the molecule is CCN(CC)c1ccc(-c2cc(N(C)C)c(C)c3c2C(c2ccc(OC)cc2)OC(c2ccccc2)=N3)cc1. The molecule has 1 aliphatic heterocycles. The Bertz CT molecular complexity index is 1460. The first-order chi connectivity index (χ1) is 18.9. The molecule has 1 heterocycles. The lowest BCUT2D eigenvalue weighted by Gasteiger charge is -2.32. The van der Waals surface area contributed by atoms with E-state index in [-0.39, 0.29) is 6.10 Å². The van der Waals surface area contributed by atoms with E-state index in [1.165, 1.54) is 5.69 Å². The van der Waals surface area contributed by atoms with Crippen molar-refractivity contribution < 1.29 is 9.47 Å². The third-order valence-electron chi connectivity index (χ3n) is 7.50. The molecule has 0 amide bonds. The van der Waals surface area contributed by atoms with Crippen LogP contribution >= 0.6 is 0 Å². The molecule has 1 unspecified atom stereocenters. The van der Waals surface area contributed by atoms with Crippen LogP contribution in [0.5, 0.6) is 5.75 Å². The van der Waals surface area contributed by atoms with Crippen LogP contribution in [0.25, 0.3) is 11.1 Å². The van der Waals surface area contributed by atoms with E-state index in [1.54, 1.807) is 7.11 Å². The quantitative estimate of drug-likeness (QED) is 0.238. The van der Waals surface area contributed by atoms with Gasteiger partial charge in [0.15, 0.2) is 6.10 Å². The molecule has 4 aromatic carbocycles. The Balaban J connectivity index is 1.76. The second kappa shape index (κ2) is 11.2. The number of benzene rings is 4. The van der Waals surface area contributed by atoms with E-state index in [1.807, 2.05) is 42.5 Å². The zero-order chi connectivity index (χ0) is 27.5. The van der Waals surface area contributed by atoms with Gasteiger partial charge in [-0.1, -0.05) is 42.5 Å². The summed E-state index contributed by atoms with van der Waals surface area (Å²) in [5, 5.41) is 0. The van der Waals surface area contributed by atoms with Gasteiger partial charge in [0.1, 0.15) is 5.75 Å². The molecular formula is C34H37N3O2. The third-order valence-corrected chi connectivity index (χ3v) is 7.50. The van der Waals surface area contributed by atoms with E-state index in [2.05, 4.69) is 87.1 Å². The zero-order valence-electron chi connectivity index (χ0n) is 23.7. The molecule has 0 aliphatic carbocycles. The van der Waals surface area contributed by atoms with E-state index in [9.17, 15) is 0 Å². The number of fused-ring (bicyclic) bond motifs is 1. The molecule has 1 atom stereocenters. The fourth-order valence-corrected chi connectivity index (χ4v) is 5.35. The van der Waals surface area contributed by atoms with Crippen LogP contribution in [0.4, 0.5) is 17.1 Å². The molecule has 1 aliphatic rings. The normalized spacial score (nSPS) is 14.2. The van der Waals surface area contributed by atoms with Crippen molar-refractivity contribution in [2.45, 2.75) is 26.9 Å². The first kappa shape index (κ1) is 26.4. The molecule has 0 aromatic heterocycles. The van der Waals surface area contributed by atoms with Crippen molar-refractivity contribution in [1.29, 1.82) is 0 Å². The van der Waals surface area contributed by atoms with Gasteiger partial charge in [0.05, 0.1) is 12.8 Å². The van der Waals surface area contributed by atoms with Crippen molar-refractivity contribution in [2.24, 2.45) is 4.99 Å². The fourth-order valence-electron chi connectivity index (χ4n) is 5.35. The summed E-state index contributed by atoms with van der Waals surface area (Å²) < 4.78 is 12.2. The summed E-state index contributed by atoms with van der Waals surface area (Å²) in [6, 6.07) is 29.5. The van der Waals surface area contributed by atoms with Gasteiger partial charge >= 0.3 is 0 Å². The molecule has 0 saturated carbocycles. The monoisotopic (exact) mass is 519 g/mol. The van der Waals surface area contributed by atoms with Crippen LogP contribution in [0.2, 0.25) is 0 Å². The number of ether oxygens (including phenoxy) is 2. The summed E-state index contributed by atoms with van der Waals surface area (Å²) in [6.07, 6.45) is -0.328. The molecule has 0 saturated heterocycles. The van der Waals surface area contributed by atoms with Gasteiger partial charge in [0.25, 0.3) is 0 Å². The minimum absolute atomic E-state index is 0.328. The summed E-state index contributed by atoms with van der Waals surface area (Å²) in [5.74, 6) is 1.45. The van der Waals surface area contributed by atoms with E-state index in [0.29, 0.717) is 5.90 Å². The fraction of sp³-hybridized carbons (Fsp3) is 0.265. The number of hydrogen-bond donors (Lipinski definition) is 0. The van der Waals surface area contributed by atoms with Crippen molar-refractivity contribution in [3.63, 3.8) is 0 Å². The van der Waals surface area contributed by atoms with Gasteiger partial charge in [-0.15, -0.1) is 0 Å². The standard InChI is InChI=1S/C34H37N3O2/c1-7-37(8-2)27-18-14-24(15-19-27)29-22-30(36(4)5)23(3)32-31(29)33(25-16-20-28(38-6)21-17-25)39-34(35-32)26-12-10-9-11-13-26/h9-22,33H,7-8H2,1-6H3. The molecule has 4 aromatic rings. The van der Waals surface area contributed by atoms with Gasteiger partial charge in [0.2, 0.25) is 5.90 Å². The molecule has 200 valence electrons. The van der Waals surface area contributed by atoms with Gasteiger partial charge in [-0.25, -0.2) is 4.99 Å². The van der Waals surface area contributed by atoms with Crippen molar-refractivity contribution in [2.75, 3.05) is 44.1 Å². The molecule has 5 heteroatoms. The van der Waals surface area contributed by atoms with Crippen LogP contribution in [0.15, 0.2) is 89.9 Å². The summed E-state index contributed by atoms with van der Waals surface area (Å²) in [7, 11) is 5.86. The molecule has 0 bridgehead atoms. The molecular weight excluding hydrogens is 482 g/mol. The first-order valence-corrected chi connectivity index (χ1v) is 13.6. The van der Waals surface area contributed by atoms with Gasteiger partial charge in [-0.3, -0.25) is 0 Å². The topological polar surface area (TPSA) is 37.3 Å². The number of anilines is 2. The van der Waals surface area contributed by atoms with Gasteiger partial charge in [-0.2, -0.15) is 0 Å². The minimum atomic E-state index is -0.328. The number of methoxy groups -OCH3 is 1. The maximum atomic E-state index is 6.76. The average Bonchev–Trinajstić information content (AvgIpc) is 2.98. The van der Waals surface area contributed by atoms with Crippen molar-refractivity contribution in [1.82, 2.24) is 0 Å². The highest BCUT2D eigenvalue weighted by Gasteiger charge is 2.32. The average molecular weight is 520 g/mol. The van der Waals surface area contributed by atoms with E-state index >= 15 is 0 Å². The first-order valence-electron chi connectivity index (χ1n) is 13.6. The Morgan fingerprint density at radius 3 is 2.10 bits per heavy atom. The number of hydrogen-bond acceptors (Lipinski definition) is 5. The van der Waals surface area contributed by atoms with Crippen LogP contribution < -0.4 is 14.5 Å². The van der Waals surface area contributed by atoms with Crippen molar-refractivity contribution >= 4 is 23.0 Å². The molecule has 0 radical (unpaired) electrons. The Labute approximate surface area is 232 Å². The van der Waals surface area contributed by atoms with Crippen LogP contribution in [-0.4, -0.2) is 40.2 Å². The van der Waals surface area contributed by atoms with E-state index in [0.717, 1.165) is 63.6 Å². The molecule has 0 spiro atoms. The van der Waals surface area contributed by atoms with E-state index in [4.69, 9.17) is 14.5 Å². The van der Waals surface area contributed by atoms with E-state index < -0.39 is 0 Å². The van der Waals surface area contributed by atoms with Crippen LogP contribution in [0.1, 0.15) is 42.2 Å². The zero-order valence-corrected chi connectivity index (χ0v) is 23.7. The summed E-state index contributed by atoms with van der Waals surface area (Å²) in [4.78, 5) is 9.69. The molecule has 0 fully saturated rings. The Hall–Kier alpha value is -4.25. The van der Waals surface area contributed by atoms with Crippen LogP contribution in [-0.2, 0) is 4.74 Å². The van der Waals surface area contributed by atoms with Crippen LogP contribution in [0, 0.1) is 6.92 Å². The largest absolute Gasteiger partial charge is 0.497 e. The molecule has 5 nitrogen and oxygen atoms in total. The predicted octanol–water partition coefficient (Wildman–Crippen LogP) is 7.78. The Morgan fingerprint density at radius 1 is 0.846 bits per heavy atom. The second-order valence-electron chi connectivity index (χ2n) is 10.00. The second-order valence-corrected chi connectivity index (χ2v) is 10.00. The highest BCUT2D eigenvalue weighted by atomic mass is 16.5. The number of rotatable bonds is 8. The lowest BCUT2D eigenvalue weighted by atomic mass is 9.87. The van der Waals surface area contributed by atoms with Crippen molar-refractivity contribution in [3.8, 4) is 16.9 Å². The number of nitrogens with zero attached hydrogens (tertiary/aromatic N) is 3. The highest BCUT2D eigenvalue weighted by molar-refractivity contribution is 5.99. The molecule has 0 N–H and O–H groups in total. The van der Waals surface area contributed by atoms with Crippen LogP contribution in [0.3, 0.4) is 0 Å². The maximum Gasteiger partial charge on any atom is 0.222 e. The third kappa shape index (κ3) is 5.09. The molecule has 5 rings (SSSR count). The highest BCUT2D eigenvalue weighted by Crippen LogP contribution is 2.48. The lowest BCUT2D eigenvalue weighted by molar-refractivity contribution is 0.230. The smallest absolute Gasteiger partial charge is 0.222 e. The maximum absolute atomic E-state index is 6.76.